The van der Waals surface area contributed by atoms with Crippen molar-refractivity contribution < 1.29 is 19.1 Å². The van der Waals surface area contributed by atoms with Gasteiger partial charge in [-0.2, -0.15) is 10.4 Å². The number of carbonyl (C=O) groups is 3. The summed E-state index contributed by atoms with van der Waals surface area (Å²) in [7, 11) is 0. The standard InChI is InChI=1S/C21H28N6O4/c1-13(14-2-3-14)31-20(30)26-10-7-21(6-9-22,8-11-26)27-12-16(17(23)28)18(25-27)24-19(29)15-4-5-15/h12-15H,2-8,10-11H2,1H3,(H2,23,28)(H,24,25,29)/t13-/m0/s1. The van der Waals surface area contributed by atoms with Gasteiger partial charge >= 0.3 is 6.09 Å². The maximum absolute atomic E-state index is 12.5. The molecular weight excluding hydrogens is 400 g/mol. The number of ether oxygens (including phenoxy) is 1. The molecule has 1 atom stereocenters. The van der Waals surface area contributed by atoms with Gasteiger partial charge in [0.05, 0.1) is 18.0 Å². The molecule has 0 unspecified atom stereocenters. The molecule has 1 aliphatic heterocycles. The van der Waals surface area contributed by atoms with Crippen LogP contribution in [0.15, 0.2) is 6.20 Å². The molecule has 2 saturated carbocycles. The normalized spacial score (nSPS) is 21.1. The SMILES string of the molecule is C[C@H](OC(=O)N1CCC(CC#N)(n2cc(C(N)=O)c(NC(=O)C3CC3)n2)CC1)C1CC1. The van der Waals surface area contributed by atoms with Gasteiger partial charge in [0, 0.05) is 25.2 Å². The summed E-state index contributed by atoms with van der Waals surface area (Å²) in [5.74, 6) is -0.330. The number of hydrogen-bond acceptors (Lipinski definition) is 6. The Morgan fingerprint density at radius 3 is 2.55 bits per heavy atom. The molecule has 0 radical (unpaired) electrons. The average molecular weight is 428 g/mol. The van der Waals surface area contributed by atoms with E-state index in [4.69, 9.17) is 10.5 Å². The van der Waals surface area contributed by atoms with Crippen LogP contribution >= 0.6 is 0 Å². The molecule has 166 valence electrons. The minimum atomic E-state index is -0.695. The van der Waals surface area contributed by atoms with Gasteiger partial charge in [-0.1, -0.05) is 0 Å². The van der Waals surface area contributed by atoms with Crippen LogP contribution in [-0.4, -0.2) is 51.8 Å². The van der Waals surface area contributed by atoms with Crippen molar-refractivity contribution in [1.82, 2.24) is 14.7 Å². The van der Waals surface area contributed by atoms with Crippen molar-refractivity contribution in [3.05, 3.63) is 11.8 Å². The second-order valence-electron chi connectivity index (χ2n) is 8.94. The second kappa shape index (κ2) is 8.21. The first-order chi connectivity index (χ1) is 14.8. The lowest BCUT2D eigenvalue weighted by Gasteiger charge is -2.40. The van der Waals surface area contributed by atoms with Crippen molar-refractivity contribution in [3.63, 3.8) is 0 Å². The lowest BCUT2D eigenvalue weighted by molar-refractivity contribution is -0.117. The largest absolute Gasteiger partial charge is 0.446 e. The van der Waals surface area contributed by atoms with Crippen LogP contribution in [0.25, 0.3) is 0 Å². The molecule has 0 aromatic carbocycles. The molecule has 2 heterocycles. The highest BCUT2D eigenvalue weighted by Gasteiger charge is 2.41. The van der Waals surface area contributed by atoms with Crippen LogP contribution in [0.4, 0.5) is 10.6 Å². The van der Waals surface area contributed by atoms with E-state index in [1.54, 1.807) is 9.58 Å². The molecule has 3 aliphatic rings. The summed E-state index contributed by atoms with van der Waals surface area (Å²) in [5, 5.41) is 16.6. The molecule has 3 fully saturated rings. The van der Waals surface area contributed by atoms with E-state index in [-0.39, 0.29) is 41.8 Å². The van der Waals surface area contributed by atoms with Crippen LogP contribution in [-0.2, 0) is 15.1 Å². The van der Waals surface area contributed by atoms with Gasteiger partial charge in [-0.15, -0.1) is 0 Å². The van der Waals surface area contributed by atoms with Crippen molar-refractivity contribution in [3.8, 4) is 6.07 Å². The monoisotopic (exact) mass is 428 g/mol. The molecule has 10 heteroatoms. The highest BCUT2D eigenvalue weighted by molar-refractivity contribution is 6.02. The van der Waals surface area contributed by atoms with Gasteiger partial charge in [-0.25, -0.2) is 4.79 Å². The Kier molecular flexibility index (Phi) is 5.60. The summed E-state index contributed by atoms with van der Waals surface area (Å²) >= 11 is 0. The minimum absolute atomic E-state index is 0.0498. The number of primary amides is 1. The third kappa shape index (κ3) is 4.50. The van der Waals surface area contributed by atoms with Crippen molar-refractivity contribution in [1.29, 1.82) is 5.26 Å². The number of carbonyl (C=O) groups excluding carboxylic acids is 3. The number of nitrogens with one attached hydrogen (secondary N) is 1. The number of nitrogens with zero attached hydrogens (tertiary/aromatic N) is 4. The smallest absolute Gasteiger partial charge is 0.410 e. The van der Waals surface area contributed by atoms with E-state index in [1.165, 1.54) is 6.20 Å². The molecule has 31 heavy (non-hydrogen) atoms. The van der Waals surface area contributed by atoms with Gasteiger partial charge in [0.1, 0.15) is 11.7 Å². The number of nitrogens with two attached hydrogens (primary N) is 1. The fourth-order valence-corrected chi connectivity index (χ4v) is 4.09. The Bertz CT molecular complexity index is 919. The quantitative estimate of drug-likeness (QED) is 0.679. The molecule has 0 bridgehead atoms. The van der Waals surface area contributed by atoms with Gasteiger partial charge < -0.3 is 20.7 Å². The highest BCUT2D eigenvalue weighted by atomic mass is 16.6. The molecule has 2 aliphatic carbocycles. The van der Waals surface area contributed by atoms with Crippen LogP contribution in [0.1, 0.15) is 62.2 Å². The number of nitriles is 1. The first kappa shape index (κ1) is 21.2. The van der Waals surface area contributed by atoms with E-state index >= 15 is 0 Å². The summed E-state index contributed by atoms with van der Waals surface area (Å²) in [6, 6.07) is 2.20. The molecule has 10 nitrogen and oxygen atoms in total. The predicted molar refractivity (Wildman–Crippen MR) is 110 cm³/mol. The Hall–Kier alpha value is -3.09. The molecule has 4 rings (SSSR count). The zero-order valence-electron chi connectivity index (χ0n) is 17.7. The van der Waals surface area contributed by atoms with Crippen molar-refractivity contribution in [2.24, 2.45) is 17.6 Å². The zero-order chi connectivity index (χ0) is 22.2. The molecule has 0 spiro atoms. The topological polar surface area (TPSA) is 143 Å². The molecule has 3 amide bonds. The third-order valence-electron chi connectivity index (χ3n) is 6.59. The van der Waals surface area contributed by atoms with Crippen LogP contribution in [0.3, 0.4) is 0 Å². The zero-order valence-corrected chi connectivity index (χ0v) is 17.7. The van der Waals surface area contributed by atoms with Gasteiger partial charge in [-0.05, 0) is 51.4 Å². The molecule has 3 N–H and O–H groups in total. The van der Waals surface area contributed by atoms with Crippen LogP contribution in [0.2, 0.25) is 0 Å². The van der Waals surface area contributed by atoms with Crippen molar-refractivity contribution in [2.45, 2.75) is 63.5 Å². The molecular formula is C21H28N6O4. The van der Waals surface area contributed by atoms with E-state index < -0.39 is 11.4 Å². The minimum Gasteiger partial charge on any atom is -0.446 e. The predicted octanol–water partition coefficient (Wildman–Crippen LogP) is 1.97. The number of piperidine rings is 1. The summed E-state index contributed by atoms with van der Waals surface area (Å²) in [5.41, 5.74) is 4.92. The van der Waals surface area contributed by atoms with E-state index in [1.807, 2.05) is 6.92 Å². The first-order valence-corrected chi connectivity index (χ1v) is 10.9. The van der Waals surface area contributed by atoms with Gasteiger partial charge in [0.2, 0.25) is 5.91 Å². The molecule has 1 aromatic heterocycles. The van der Waals surface area contributed by atoms with E-state index in [0.717, 1.165) is 25.7 Å². The Morgan fingerprint density at radius 1 is 1.32 bits per heavy atom. The maximum Gasteiger partial charge on any atom is 0.410 e. The molecule has 1 saturated heterocycles. The van der Waals surface area contributed by atoms with Crippen molar-refractivity contribution in [2.75, 3.05) is 18.4 Å². The van der Waals surface area contributed by atoms with E-state index in [9.17, 15) is 19.6 Å². The highest BCUT2D eigenvalue weighted by Crippen LogP contribution is 2.37. The van der Waals surface area contributed by atoms with Crippen LogP contribution in [0.5, 0.6) is 0 Å². The summed E-state index contributed by atoms with van der Waals surface area (Å²) in [6.45, 7) is 2.74. The summed E-state index contributed by atoms with van der Waals surface area (Å²) in [6.07, 6.45) is 6.04. The van der Waals surface area contributed by atoms with Gasteiger partial charge in [0.25, 0.3) is 5.91 Å². The lowest BCUT2D eigenvalue weighted by Crippen LogP contribution is -2.48. The second-order valence-corrected chi connectivity index (χ2v) is 8.94. The van der Waals surface area contributed by atoms with Crippen LogP contribution < -0.4 is 11.1 Å². The number of hydrogen-bond donors (Lipinski definition) is 2. The summed E-state index contributed by atoms with van der Waals surface area (Å²) in [4.78, 5) is 38.3. The Labute approximate surface area is 180 Å². The van der Waals surface area contributed by atoms with Crippen LogP contribution in [0, 0.1) is 23.2 Å². The fraction of sp³-hybridized carbons (Fsp3) is 0.667. The van der Waals surface area contributed by atoms with Gasteiger partial charge in [0.15, 0.2) is 5.82 Å². The van der Waals surface area contributed by atoms with Crippen molar-refractivity contribution >= 4 is 23.7 Å². The average Bonchev–Trinajstić information content (AvgIpc) is 3.65. The number of aromatic nitrogens is 2. The number of amides is 3. The van der Waals surface area contributed by atoms with E-state index in [0.29, 0.717) is 31.8 Å². The number of rotatable bonds is 7. The fourth-order valence-electron chi connectivity index (χ4n) is 4.09. The lowest BCUT2D eigenvalue weighted by atomic mass is 9.85. The van der Waals surface area contributed by atoms with Gasteiger partial charge in [-0.3, -0.25) is 14.3 Å². The third-order valence-corrected chi connectivity index (χ3v) is 6.59. The number of anilines is 1. The maximum atomic E-state index is 12.5. The Balaban J connectivity index is 1.49. The first-order valence-electron chi connectivity index (χ1n) is 10.9. The summed E-state index contributed by atoms with van der Waals surface area (Å²) < 4.78 is 7.14. The molecule has 1 aromatic rings. The van der Waals surface area contributed by atoms with E-state index in [2.05, 4.69) is 16.5 Å². The Morgan fingerprint density at radius 2 is 2.00 bits per heavy atom. The number of likely N-dealkylation sites (tertiary alicyclic amines) is 1.